The minimum absolute atomic E-state index is 0.738. The molecule has 0 amide bonds. The van der Waals surface area contributed by atoms with Crippen LogP contribution in [0.25, 0.3) is 0 Å². The van der Waals surface area contributed by atoms with E-state index >= 15 is 0 Å². The van der Waals surface area contributed by atoms with Crippen molar-refractivity contribution in [3.8, 4) is 11.8 Å². The Morgan fingerprint density at radius 1 is 0.778 bits per heavy atom. The van der Waals surface area contributed by atoms with Crippen LogP contribution in [0.5, 0.6) is 0 Å². The van der Waals surface area contributed by atoms with Gasteiger partial charge in [-0.15, -0.1) is 0 Å². The summed E-state index contributed by atoms with van der Waals surface area (Å²) in [5, 5.41) is 0. The predicted octanol–water partition coefficient (Wildman–Crippen LogP) is 2.74. The number of hydrogen-bond donors (Lipinski definition) is 0. The zero-order valence-corrected chi connectivity index (χ0v) is 12.1. The van der Waals surface area contributed by atoms with Crippen LogP contribution in [0, 0.1) is 11.8 Å². The maximum Gasteiger partial charge on any atom is 0.0604 e. The number of piperidine rings is 2. The van der Waals surface area contributed by atoms with Crippen LogP contribution in [0.2, 0.25) is 0 Å². The number of rotatable bonds is 2. The molecule has 0 unspecified atom stereocenters. The van der Waals surface area contributed by atoms with Gasteiger partial charge in [-0.05, 0) is 52.6 Å². The Bertz CT molecular complexity index is 274. The van der Waals surface area contributed by atoms with E-state index in [9.17, 15) is 0 Å². The molecule has 0 N–H and O–H groups in total. The number of hydrogen-bond acceptors (Lipinski definition) is 2. The van der Waals surface area contributed by atoms with Crippen molar-refractivity contribution in [2.24, 2.45) is 0 Å². The monoisotopic (exact) mass is 248 g/mol. The topological polar surface area (TPSA) is 6.48 Å². The molecule has 2 fully saturated rings. The molecule has 0 saturated carbocycles. The molecular formula is C16H28N2. The third-order valence-electron chi connectivity index (χ3n) is 4.57. The first-order valence-corrected chi connectivity index (χ1v) is 7.71. The molecule has 2 heteroatoms. The molecule has 18 heavy (non-hydrogen) atoms. The van der Waals surface area contributed by atoms with E-state index < -0.39 is 0 Å². The van der Waals surface area contributed by atoms with Gasteiger partial charge in [-0.25, -0.2) is 0 Å². The Morgan fingerprint density at radius 3 is 1.61 bits per heavy atom. The first kappa shape index (κ1) is 13.9. The Balaban J connectivity index is 1.71. The summed E-state index contributed by atoms with van der Waals surface area (Å²) in [7, 11) is 0. The van der Waals surface area contributed by atoms with E-state index in [2.05, 4.69) is 35.5 Å². The van der Waals surface area contributed by atoms with Gasteiger partial charge < -0.3 is 0 Å². The molecule has 2 aliphatic rings. The standard InChI is InChI=1S/C16H28N2/c1-15-9-3-5-11-17(15)13-7-8-14-18-12-6-4-10-16(18)2/h15-16H,3-6,9-14H2,1-2H3/t15-,16-/m0/s1. The molecule has 2 saturated heterocycles. The highest BCUT2D eigenvalue weighted by molar-refractivity contribution is 5.04. The van der Waals surface area contributed by atoms with Crippen LogP contribution in [0.4, 0.5) is 0 Å². The van der Waals surface area contributed by atoms with Crippen molar-refractivity contribution >= 4 is 0 Å². The van der Waals surface area contributed by atoms with Crippen LogP contribution < -0.4 is 0 Å². The molecule has 2 rings (SSSR count). The van der Waals surface area contributed by atoms with Crippen molar-refractivity contribution in [3.05, 3.63) is 0 Å². The Labute approximate surface area is 113 Å². The van der Waals surface area contributed by atoms with Crippen molar-refractivity contribution in [2.45, 2.75) is 64.5 Å². The van der Waals surface area contributed by atoms with Crippen LogP contribution >= 0.6 is 0 Å². The van der Waals surface area contributed by atoms with Gasteiger partial charge in [0.15, 0.2) is 0 Å². The molecule has 0 aromatic rings. The highest BCUT2D eigenvalue weighted by Crippen LogP contribution is 2.16. The van der Waals surface area contributed by atoms with Crippen molar-refractivity contribution in [2.75, 3.05) is 26.2 Å². The summed E-state index contributed by atoms with van der Waals surface area (Å²) < 4.78 is 0. The molecule has 0 bridgehead atoms. The fraction of sp³-hybridized carbons (Fsp3) is 0.875. The molecule has 2 atom stereocenters. The summed E-state index contributed by atoms with van der Waals surface area (Å²) in [6.45, 7) is 9.12. The van der Waals surface area contributed by atoms with Crippen LogP contribution in [-0.4, -0.2) is 48.1 Å². The molecule has 0 aromatic carbocycles. The van der Waals surface area contributed by atoms with Crippen molar-refractivity contribution in [3.63, 3.8) is 0 Å². The lowest BCUT2D eigenvalue weighted by Gasteiger charge is -2.32. The Kier molecular flexibility index (Phi) is 5.53. The third-order valence-corrected chi connectivity index (χ3v) is 4.57. The van der Waals surface area contributed by atoms with Gasteiger partial charge in [-0.2, -0.15) is 0 Å². The van der Waals surface area contributed by atoms with Gasteiger partial charge in [-0.3, -0.25) is 9.80 Å². The maximum atomic E-state index is 3.39. The summed E-state index contributed by atoms with van der Waals surface area (Å²) in [6, 6.07) is 1.48. The first-order chi connectivity index (χ1) is 8.77. The van der Waals surface area contributed by atoms with E-state index in [1.807, 2.05) is 0 Å². The lowest BCUT2D eigenvalue weighted by atomic mass is 10.0. The lowest BCUT2D eigenvalue weighted by molar-refractivity contribution is 0.178. The third kappa shape index (κ3) is 4.00. The highest BCUT2D eigenvalue weighted by Gasteiger charge is 2.17. The average Bonchev–Trinajstić information content (AvgIpc) is 2.38. The number of likely N-dealkylation sites (tertiary alicyclic amines) is 2. The smallest absolute Gasteiger partial charge is 0.0604 e. The van der Waals surface area contributed by atoms with E-state index in [1.165, 1.54) is 51.6 Å². The summed E-state index contributed by atoms with van der Waals surface area (Å²) in [5.74, 6) is 6.78. The van der Waals surface area contributed by atoms with Crippen molar-refractivity contribution in [1.82, 2.24) is 9.80 Å². The van der Waals surface area contributed by atoms with Crippen molar-refractivity contribution in [1.29, 1.82) is 0 Å². The van der Waals surface area contributed by atoms with Gasteiger partial charge in [0.1, 0.15) is 0 Å². The predicted molar refractivity (Wildman–Crippen MR) is 77.5 cm³/mol. The van der Waals surface area contributed by atoms with Crippen molar-refractivity contribution < 1.29 is 0 Å². The van der Waals surface area contributed by atoms with E-state index in [1.54, 1.807) is 0 Å². The molecule has 0 radical (unpaired) electrons. The van der Waals surface area contributed by atoms with Gasteiger partial charge in [0.25, 0.3) is 0 Å². The van der Waals surface area contributed by atoms with Gasteiger partial charge in [0.2, 0.25) is 0 Å². The van der Waals surface area contributed by atoms with E-state index in [0.29, 0.717) is 0 Å². The summed E-state index contributed by atoms with van der Waals surface area (Å²) in [6.07, 6.45) is 8.22. The van der Waals surface area contributed by atoms with Gasteiger partial charge >= 0.3 is 0 Å². The molecular weight excluding hydrogens is 220 g/mol. The van der Waals surface area contributed by atoms with Gasteiger partial charge in [0, 0.05) is 12.1 Å². The molecule has 0 aliphatic carbocycles. The van der Waals surface area contributed by atoms with Gasteiger partial charge in [0.05, 0.1) is 13.1 Å². The van der Waals surface area contributed by atoms with Crippen LogP contribution in [0.3, 0.4) is 0 Å². The van der Waals surface area contributed by atoms with Crippen LogP contribution in [0.1, 0.15) is 52.4 Å². The first-order valence-electron chi connectivity index (χ1n) is 7.71. The normalized spacial score (nSPS) is 30.8. The minimum Gasteiger partial charge on any atom is -0.290 e. The molecule has 2 nitrogen and oxygen atoms in total. The fourth-order valence-electron chi connectivity index (χ4n) is 3.10. The molecule has 2 aliphatic heterocycles. The lowest BCUT2D eigenvalue weighted by Crippen LogP contribution is -2.38. The molecule has 0 spiro atoms. The highest BCUT2D eigenvalue weighted by atomic mass is 15.2. The molecule has 102 valence electrons. The number of nitrogens with zero attached hydrogens (tertiary/aromatic N) is 2. The quantitative estimate of drug-likeness (QED) is 0.693. The second kappa shape index (κ2) is 7.16. The molecule has 0 aromatic heterocycles. The Hall–Kier alpha value is -0.520. The minimum atomic E-state index is 0.738. The van der Waals surface area contributed by atoms with Crippen LogP contribution in [-0.2, 0) is 0 Å². The van der Waals surface area contributed by atoms with Crippen LogP contribution in [0.15, 0.2) is 0 Å². The summed E-state index contributed by atoms with van der Waals surface area (Å²) in [5.41, 5.74) is 0. The van der Waals surface area contributed by atoms with Gasteiger partial charge in [-0.1, -0.05) is 24.7 Å². The maximum absolute atomic E-state index is 3.39. The van der Waals surface area contributed by atoms with E-state index in [0.717, 1.165) is 25.2 Å². The zero-order chi connectivity index (χ0) is 12.8. The second-order valence-electron chi connectivity index (χ2n) is 5.98. The molecule has 2 heterocycles. The Morgan fingerprint density at radius 2 is 1.22 bits per heavy atom. The largest absolute Gasteiger partial charge is 0.290 e. The summed E-state index contributed by atoms with van der Waals surface area (Å²) >= 11 is 0. The second-order valence-corrected chi connectivity index (χ2v) is 5.98. The fourth-order valence-corrected chi connectivity index (χ4v) is 3.10. The van der Waals surface area contributed by atoms with E-state index in [4.69, 9.17) is 0 Å². The SMILES string of the molecule is C[C@H]1CCCCN1CC#CCN1CCCC[C@@H]1C. The van der Waals surface area contributed by atoms with E-state index in [-0.39, 0.29) is 0 Å². The summed E-state index contributed by atoms with van der Waals surface area (Å²) in [4.78, 5) is 5.08. The zero-order valence-electron chi connectivity index (χ0n) is 12.1. The average molecular weight is 248 g/mol.